The summed E-state index contributed by atoms with van der Waals surface area (Å²) < 4.78 is 7.65. The van der Waals surface area contributed by atoms with Crippen molar-refractivity contribution in [1.82, 2.24) is 25.4 Å². The van der Waals surface area contributed by atoms with Crippen LogP contribution in [0.1, 0.15) is 42.4 Å². The summed E-state index contributed by atoms with van der Waals surface area (Å²) >= 11 is 0. The second kappa shape index (κ2) is 9.25. The number of hydrogen-bond acceptors (Lipinski definition) is 5. The molecular formula is C21H29N7O2. The summed E-state index contributed by atoms with van der Waals surface area (Å²) in [5.41, 5.74) is 2.04. The monoisotopic (exact) mass is 411 g/mol. The molecule has 2 unspecified atom stereocenters. The first kappa shape index (κ1) is 20.3. The lowest BCUT2D eigenvalue weighted by molar-refractivity contribution is -0.116. The van der Waals surface area contributed by atoms with Crippen LogP contribution >= 0.6 is 0 Å². The molecule has 9 nitrogen and oxygen atoms in total. The minimum atomic E-state index is 0.0425. The molecule has 2 atom stereocenters. The fourth-order valence-corrected chi connectivity index (χ4v) is 3.83. The van der Waals surface area contributed by atoms with Crippen molar-refractivity contribution in [1.29, 1.82) is 0 Å². The van der Waals surface area contributed by atoms with Crippen LogP contribution in [-0.4, -0.2) is 52.4 Å². The molecular weight excluding hydrogens is 382 g/mol. The number of fused-ring (bicyclic) bond motifs is 1. The standard InChI is InChI=1S/C21H29N7O2/c1-14-26-27-19(28(14)2)13-24-21(23-12-16-6-5-9-30-16)22-11-15-10-20(29)25-18-8-4-3-7-17(15)18/h3-4,7-8,15-16H,5-6,9-13H2,1-2H3,(H,25,29)(H2,22,23,24). The average molecular weight is 412 g/mol. The van der Waals surface area contributed by atoms with Gasteiger partial charge < -0.3 is 25.3 Å². The van der Waals surface area contributed by atoms with Gasteiger partial charge in [0.05, 0.1) is 6.10 Å². The fourth-order valence-electron chi connectivity index (χ4n) is 3.83. The van der Waals surface area contributed by atoms with Crippen molar-refractivity contribution in [3.63, 3.8) is 0 Å². The molecule has 1 amide bonds. The maximum absolute atomic E-state index is 12.1. The lowest BCUT2D eigenvalue weighted by Gasteiger charge is -2.26. The molecule has 3 heterocycles. The smallest absolute Gasteiger partial charge is 0.225 e. The van der Waals surface area contributed by atoms with Crippen LogP contribution in [0.25, 0.3) is 0 Å². The SMILES string of the molecule is Cc1nnc(CN=C(NCC2CCCO2)NCC2CC(=O)Nc3ccccc32)n1C. The molecule has 4 rings (SSSR count). The van der Waals surface area contributed by atoms with Crippen LogP contribution in [0.4, 0.5) is 5.69 Å². The Labute approximate surface area is 176 Å². The van der Waals surface area contributed by atoms with Gasteiger partial charge in [-0.05, 0) is 31.4 Å². The lowest BCUT2D eigenvalue weighted by atomic mass is 9.90. The predicted octanol–water partition coefficient (Wildman–Crippen LogP) is 1.46. The first-order valence-electron chi connectivity index (χ1n) is 10.5. The predicted molar refractivity (Wildman–Crippen MR) is 114 cm³/mol. The third-order valence-corrected chi connectivity index (χ3v) is 5.70. The molecule has 3 N–H and O–H groups in total. The van der Waals surface area contributed by atoms with Crippen LogP contribution in [0, 0.1) is 6.92 Å². The molecule has 1 fully saturated rings. The number of ether oxygens (including phenoxy) is 1. The number of benzene rings is 1. The van der Waals surface area contributed by atoms with Crippen molar-refractivity contribution in [3.8, 4) is 0 Å². The van der Waals surface area contributed by atoms with E-state index in [4.69, 9.17) is 9.73 Å². The highest BCUT2D eigenvalue weighted by molar-refractivity contribution is 5.94. The van der Waals surface area contributed by atoms with E-state index in [9.17, 15) is 4.79 Å². The van der Waals surface area contributed by atoms with Crippen LogP contribution in [0.15, 0.2) is 29.3 Å². The molecule has 160 valence electrons. The number of carbonyl (C=O) groups excluding carboxylic acids is 1. The summed E-state index contributed by atoms with van der Waals surface area (Å²) in [4.78, 5) is 16.8. The number of rotatable bonds is 6. The lowest BCUT2D eigenvalue weighted by Crippen LogP contribution is -2.43. The van der Waals surface area contributed by atoms with E-state index in [1.807, 2.05) is 36.7 Å². The Morgan fingerprint density at radius 2 is 2.13 bits per heavy atom. The molecule has 0 spiro atoms. The number of aryl methyl sites for hydroxylation is 1. The van der Waals surface area contributed by atoms with Crippen molar-refractivity contribution in [2.45, 2.75) is 44.8 Å². The van der Waals surface area contributed by atoms with Crippen LogP contribution < -0.4 is 16.0 Å². The van der Waals surface area contributed by atoms with Gasteiger partial charge in [-0.25, -0.2) is 4.99 Å². The van der Waals surface area contributed by atoms with Gasteiger partial charge >= 0.3 is 0 Å². The number of carbonyl (C=O) groups is 1. The first-order chi connectivity index (χ1) is 14.6. The summed E-state index contributed by atoms with van der Waals surface area (Å²) in [6, 6.07) is 7.96. The molecule has 0 aliphatic carbocycles. The summed E-state index contributed by atoms with van der Waals surface area (Å²) in [5, 5.41) is 18.0. The number of nitrogens with one attached hydrogen (secondary N) is 3. The van der Waals surface area contributed by atoms with E-state index in [2.05, 4.69) is 32.2 Å². The van der Waals surface area contributed by atoms with Crippen molar-refractivity contribution in [3.05, 3.63) is 41.5 Å². The van der Waals surface area contributed by atoms with Crippen molar-refractivity contribution in [2.75, 3.05) is 25.0 Å². The summed E-state index contributed by atoms with van der Waals surface area (Å²) in [6.45, 7) is 4.46. The van der Waals surface area contributed by atoms with Crippen molar-refractivity contribution >= 4 is 17.6 Å². The third kappa shape index (κ3) is 4.79. The molecule has 0 saturated carbocycles. The Bertz CT molecular complexity index is 918. The van der Waals surface area contributed by atoms with Gasteiger partial charge in [0.2, 0.25) is 5.91 Å². The highest BCUT2D eigenvalue weighted by Gasteiger charge is 2.25. The number of guanidine groups is 1. The van der Waals surface area contributed by atoms with Gasteiger partial charge in [-0.3, -0.25) is 4.79 Å². The van der Waals surface area contributed by atoms with Gasteiger partial charge in [0.15, 0.2) is 11.8 Å². The summed E-state index contributed by atoms with van der Waals surface area (Å²) in [5.74, 6) is 2.47. The highest BCUT2D eigenvalue weighted by atomic mass is 16.5. The molecule has 2 aromatic rings. The normalized spacial score (nSPS) is 21.3. The van der Waals surface area contributed by atoms with Gasteiger partial charge in [0, 0.05) is 44.8 Å². The second-order valence-corrected chi connectivity index (χ2v) is 7.82. The van der Waals surface area contributed by atoms with Gasteiger partial charge in [-0.1, -0.05) is 18.2 Å². The molecule has 2 aliphatic rings. The topological polar surface area (TPSA) is 105 Å². The third-order valence-electron chi connectivity index (χ3n) is 5.70. The Balaban J connectivity index is 1.44. The van der Waals surface area contributed by atoms with E-state index in [1.54, 1.807) is 0 Å². The largest absolute Gasteiger partial charge is 0.376 e. The molecule has 1 saturated heterocycles. The molecule has 0 bridgehead atoms. The van der Waals surface area contributed by atoms with Crippen LogP contribution in [0.3, 0.4) is 0 Å². The minimum absolute atomic E-state index is 0.0425. The zero-order valence-corrected chi connectivity index (χ0v) is 17.5. The minimum Gasteiger partial charge on any atom is -0.376 e. The molecule has 9 heteroatoms. The van der Waals surface area contributed by atoms with Crippen LogP contribution in [-0.2, 0) is 23.1 Å². The molecule has 30 heavy (non-hydrogen) atoms. The van der Waals surface area contributed by atoms with E-state index < -0.39 is 0 Å². The number of aromatic nitrogens is 3. The fraction of sp³-hybridized carbons (Fsp3) is 0.524. The number of hydrogen-bond donors (Lipinski definition) is 3. The Kier molecular flexibility index (Phi) is 6.27. The number of aliphatic imine (C=N–C) groups is 1. The van der Waals surface area contributed by atoms with Crippen molar-refractivity contribution < 1.29 is 9.53 Å². The molecule has 1 aromatic carbocycles. The Hall–Kier alpha value is -2.94. The van der Waals surface area contributed by atoms with E-state index in [1.165, 1.54) is 0 Å². The molecule has 2 aliphatic heterocycles. The maximum Gasteiger partial charge on any atom is 0.225 e. The van der Waals surface area contributed by atoms with E-state index in [0.29, 0.717) is 32.0 Å². The summed E-state index contributed by atoms with van der Waals surface area (Å²) in [7, 11) is 1.94. The second-order valence-electron chi connectivity index (χ2n) is 7.82. The Morgan fingerprint density at radius 3 is 2.90 bits per heavy atom. The van der Waals surface area contributed by atoms with Gasteiger partial charge in [-0.2, -0.15) is 0 Å². The zero-order valence-electron chi connectivity index (χ0n) is 17.5. The van der Waals surface area contributed by atoms with Gasteiger partial charge in [-0.15, -0.1) is 10.2 Å². The molecule has 1 aromatic heterocycles. The number of amides is 1. The van der Waals surface area contributed by atoms with E-state index in [-0.39, 0.29) is 17.9 Å². The molecule has 0 radical (unpaired) electrons. The number of para-hydroxylation sites is 1. The maximum atomic E-state index is 12.1. The van der Waals surface area contributed by atoms with Crippen LogP contribution in [0.5, 0.6) is 0 Å². The van der Waals surface area contributed by atoms with E-state index >= 15 is 0 Å². The zero-order chi connectivity index (χ0) is 20.9. The van der Waals surface area contributed by atoms with Gasteiger partial charge in [0.1, 0.15) is 12.4 Å². The van der Waals surface area contributed by atoms with Gasteiger partial charge in [0.25, 0.3) is 0 Å². The van der Waals surface area contributed by atoms with E-state index in [0.717, 1.165) is 42.3 Å². The summed E-state index contributed by atoms with van der Waals surface area (Å²) in [6.07, 6.45) is 2.80. The first-order valence-corrected chi connectivity index (χ1v) is 10.5. The number of anilines is 1. The average Bonchev–Trinajstić information content (AvgIpc) is 3.38. The quantitative estimate of drug-likeness (QED) is 0.491. The van der Waals surface area contributed by atoms with Crippen LogP contribution in [0.2, 0.25) is 0 Å². The van der Waals surface area contributed by atoms with Crippen molar-refractivity contribution in [2.24, 2.45) is 12.0 Å². The highest BCUT2D eigenvalue weighted by Crippen LogP contribution is 2.31. The Morgan fingerprint density at radius 1 is 1.30 bits per heavy atom. The number of nitrogens with zero attached hydrogens (tertiary/aromatic N) is 4.